The van der Waals surface area contributed by atoms with Crippen molar-refractivity contribution in [3.8, 4) is 5.75 Å². The number of nitrogens with zero attached hydrogens (tertiary/aromatic N) is 1. The maximum Gasteiger partial charge on any atom is 0.339 e. The average molecular weight is 768 g/mol. The molecule has 6 rings (SSSR count). The molecule has 0 atom stereocenters. The molecular weight excluding hydrogens is 730 g/mol. The van der Waals surface area contributed by atoms with E-state index in [2.05, 4.69) is 76.6 Å². The van der Waals surface area contributed by atoms with E-state index in [1.807, 2.05) is 25.1 Å². The Morgan fingerprint density at radius 1 is 0.804 bits per heavy atom. The normalized spacial score (nSPS) is 19.7. The summed E-state index contributed by atoms with van der Waals surface area (Å²) in [6.07, 6.45) is 1.90. The molecule has 6 nitrogen and oxygen atoms in total. The second-order valence-corrected chi connectivity index (χ2v) is 17.6. The van der Waals surface area contributed by atoms with E-state index in [0.29, 0.717) is 57.9 Å². The van der Waals surface area contributed by atoms with Gasteiger partial charge in [-0.1, -0.05) is 91.7 Å². The van der Waals surface area contributed by atoms with Crippen LogP contribution in [0.15, 0.2) is 103 Å². The van der Waals surface area contributed by atoms with Crippen molar-refractivity contribution in [1.82, 2.24) is 4.90 Å². The van der Waals surface area contributed by atoms with Crippen molar-refractivity contribution < 1.29 is 22.2 Å². The Morgan fingerprint density at radius 2 is 1.35 bits per heavy atom. The van der Waals surface area contributed by atoms with Gasteiger partial charge in [-0.05, 0) is 76.4 Å². The fraction of sp³-hybridized carbons (Fsp3) is 0.351. The van der Waals surface area contributed by atoms with Gasteiger partial charge in [0.1, 0.15) is 4.90 Å². The van der Waals surface area contributed by atoms with Crippen LogP contribution in [0.1, 0.15) is 76.0 Å². The third-order valence-corrected chi connectivity index (χ3v) is 11.3. The standard InChI is InChI=1S/C37H37Br2NO5S/c1-22-11-13-25(14-12-22)46(43,44)45-35-26(15-24(38)16-27(35)39)32-33-28(17-36(2,3)19-30(33)41)40(21-23-9-7-6-8-10-23)29-18-37(4,5)20-31(42)34(29)32/h6-16,32H,17-21H2,1-5H3. The van der Waals surface area contributed by atoms with Crippen molar-refractivity contribution in [2.45, 2.75) is 77.7 Å². The highest BCUT2D eigenvalue weighted by molar-refractivity contribution is 9.11. The summed E-state index contributed by atoms with van der Waals surface area (Å²) >= 11 is 7.17. The third-order valence-electron chi connectivity index (χ3n) is 9.06. The zero-order valence-electron chi connectivity index (χ0n) is 26.6. The van der Waals surface area contributed by atoms with E-state index in [0.717, 1.165) is 22.5 Å². The molecule has 0 saturated heterocycles. The van der Waals surface area contributed by atoms with Crippen molar-refractivity contribution in [3.63, 3.8) is 0 Å². The summed E-state index contributed by atoms with van der Waals surface area (Å²) in [6.45, 7) is 10.8. The number of ketones is 2. The highest BCUT2D eigenvalue weighted by atomic mass is 79.9. The predicted octanol–water partition coefficient (Wildman–Crippen LogP) is 9.17. The van der Waals surface area contributed by atoms with E-state index in [-0.39, 0.29) is 33.0 Å². The Bertz CT molecular complexity index is 1870. The smallest absolute Gasteiger partial charge is 0.339 e. The van der Waals surface area contributed by atoms with Gasteiger partial charge in [0.2, 0.25) is 0 Å². The molecule has 0 amide bonds. The molecule has 0 bridgehead atoms. The summed E-state index contributed by atoms with van der Waals surface area (Å²) in [6, 6.07) is 20.1. The van der Waals surface area contributed by atoms with Crippen LogP contribution in [0.3, 0.4) is 0 Å². The van der Waals surface area contributed by atoms with Gasteiger partial charge in [-0.25, -0.2) is 0 Å². The molecule has 3 aromatic rings. The van der Waals surface area contributed by atoms with E-state index in [1.165, 1.54) is 12.1 Å². The third kappa shape index (κ3) is 6.30. The minimum atomic E-state index is -4.26. The monoisotopic (exact) mass is 765 g/mol. The average Bonchev–Trinajstić information content (AvgIpc) is 2.94. The first kappa shape index (κ1) is 32.9. The van der Waals surface area contributed by atoms with Gasteiger partial charge in [-0.2, -0.15) is 8.42 Å². The summed E-state index contributed by atoms with van der Waals surface area (Å²) in [5.74, 6) is -0.802. The molecule has 9 heteroatoms. The summed E-state index contributed by atoms with van der Waals surface area (Å²) < 4.78 is 34.4. The largest absolute Gasteiger partial charge is 0.377 e. The van der Waals surface area contributed by atoms with Crippen LogP contribution in [0.4, 0.5) is 0 Å². The summed E-state index contributed by atoms with van der Waals surface area (Å²) in [5.41, 5.74) is 4.73. The molecule has 0 fully saturated rings. The van der Waals surface area contributed by atoms with E-state index < -0.39 is 16.0 Å². The van der Waals surface area contributed by atoms with Crippen LogP contribution < -0.4 is 4.18 Å². The van der Waals surface area contributed by atoms with E-state index in [9.17, 15) is 18.0 Å². The van der Waals surface area contributed by atoms with Crippen LogP contribution in [0.5, 0.6) is 5.75 Å². The number of carbonyl (C=O) groups excluding carboxylic acids is 2. The lowest BCUT2D eigenvalue weighted by Gasteiger charge is -2.49. The summed E-state index contributed by atoms with van der Waals surface area (Å²) in [4.78, 5) is 30.9. The molecular formula is C37H37Br2NO5S. The Morgan fingerprint density at radius 3 is 1.89 bits per heavy atom. The first-order valence-corrected chi connectivity index (χ1v) is 18.4. The number of allylic oxidation sites excluding steroid dienone is 4. The van der Waals surface area contributed by atoms with Crippen molar-refractivity contribution >= 4 is 53.5 Å². The molecule has 0 spiro atoms. The predicted molar refractivity (Wildman–Crippen MR) is 186 cm³/mol. The number of aryl methyl sites for hydroxylation is 1. The van der Waals surface area contributed by atoms with Gasteiger partial charge in [-0.3, -0.25) is 9.59 Å². The van der Waals surface area contributed by atoms with Gasteiger partial charge in [0.05, 0.1) is 4.47 Å². The first-order chi connectivity index (χ1) is 21.6. The summed E-state index contributed by atoms with van der Waals surface area (Å²) in [7, 11) is -4.26. The molecule has 46 heavy (non-hydrogen) atoms. The van der Waals surface area contributed by atoms with Crippen molar-refractivity contribution in [1.29, 1.82) is 0 Å². The minimum absolute atomic E-state index is 0.0161. The van der Waals surface area contributed by atoms with Crippen LogP contribution >= 0.6 is 31.9 Å². The SMILES string of the molecule is Cc1ccc(S(=O)(=O)Oc2c(Br)cc(Br)cc2C2C3=C(CC(C)(C)CC3=O)N(Cc3ccccc3)C3=C2C(=O)CC(C)(C)C3)cc1. The molecule has 0 aromatic heterocycles. The van der Waals surface area contributed by atoms with Crippen LogP contribution in [0, 0.1) is 17.8 Å². The molecule has 1 heterocycles. The number of Topliss-reactive ketones (excluding diaryl/α,β-unsaturated/α-hetero) is 2. The van der Waals surface area contributed by atoms with E-state index in [4.69, 9.17) is 4.18 Å². The van der Waals surface area contributed by atoms with Gasteiger partial charge in [0.25, 0.3) is 0 Å². The Balaban J connectivity index is 1.61. The minimum Gasteiger partial charge on any atom is -0.377 e. The molecule has 3 aliphatic rings. The van der Waals surface area contributed by atoms with Gasteiger partial charge in [0.15, 0.2) is 17.3 Å². The number of hydrogen-bond donors (Lipinski definition) is 0. The highest BCUT2D eigenvalue weighted by Gasteiger charge is 2.50. The van der Waals surface area contributed by atoms with Gasteiger partial charge >= 0.3 is 10.1 Å². The van der Waals surface area contributed by atoms with Gasteiger partial charge in [-0.15, -0.1) is 0 Å². The molecule has 0 radical (unpaired) electrons. The fourth-order valence-corrected chi connectivity index (χ4v) is 9.48. The second-order valence-electron chi connectivity index (χ2n) is 14.3. The van der Waals surface area contributed by atoms with E-state index in [1.54, 1.807) is 24.3 Å². The zero-order valence-corrected chi connectivity index (χ0v) is 30.6. The van der Waals surface area contributed by atoms with Gasteiger partial charge < -0.3 is 9.08 Å². The lowest BCUT2D eigenvalue weighted by Crippen LogP contribution is -2.44. The van der Waals surface area contributed by atoms with Crippen molar-refractivity contribution in [2.24, 2.45) is 10.8 Å². The van der Waals surface area contributed by atoms with Crippen LogP contribution in [0.2, 0.25) is 0 Å². The van der Waals surface area contributed by atoms with Crippen LogP contribution in [0.25, 0.3) is 0 Å². The number of benzene rings is 3. The maximum absolute atomic E-state index is 14.4. The van der Waals surface area contributed by atoms with Gasteiger partial charge in [0, 0.05) is 57.9 Å². The molecule has 0 saturated carbocycles. The number of hydrogen-bond acceptors (Lipinski definition) is 6. The maximum atomic E-state index is 14.4. The number of rotatable bonds is 6. The molecule has 0 unspecified atom stereocenters. The fourth-order valence-electron chi connectivity index (χ4n) is 7.06. The quantitative estimate of drug-likeness (QED) is 0.233. The lowest BCUT2D eigenvalue weighted by molar-refractivity contribution is -0.119. The highest BCUT2D eigenvalue weighted by Crippen LogP contribution is 2.57. The lowest BCUT2D eigenvalue weighted by atomic mass is 9.63. The summed E-state index contributed by atoms with van der Waals surface area (Å²) in [5, 5.41) is 0. The Hall–Kier alpha value is -3.01. The van der Waals surface area contributed by atoms with Crippen LogP contribution in [-0.2, 0) is 26.3 Å². The molecule has 240 valence electrons. The van der Waals surface area contributed by atoms with Crippen molar-refractivity contribution in [2.75, 3.05) is 0 Å². The first-order valence-electron chi connectivity index (χ1n) is 15.4. The second kappa shape index (κ2) is 11.9. The zero-order chi connectivity index (χ0) is 33.2. The Kier molecular flexibility index (Phi) is 8.52. The Labute approximate surface area is 288 Å². The topological polar surface area (TPSA) is 80.8 Å². The molecule has 0 N–H and O–H groups in total. The molecule has 1 aliphatic heterocycles. The molecule has 3 aromatic carbocycles. The number of halogens is 2. The van der Waals surface area contributed by atoms with Crippen molar-refractivity contribution in [3.05, 3.63) is 115 Å². The van der Waals surface area contributed by atoms with Crippen LogP contribution in [-0.4, -0.2) is 24.9 Å². The number of carbonyl (C=O) groups is 2. The van der Waals surface area contributed by atoms with E-state index >= 15 is 0 Å². The molecule has 2 aliphatic carbocycles.